The summed E-state index contributed by atoms with van der Waals surface area (Å²) in [5, 5.41) is 7.85. The first-order valence-electron chi connectivity index (χ1n) is 9.53. The van der Waals surface area contributed by atoms with E-state index in [1.54, 1.807) is 29.2 Å². The highest BCUT2D eigenvalue weighted by molar-refractivity contribution is 6.30. The molecule has 0 atom stereocenters. The van der Waals surface area contributed by atoms with Crippen LogP contribution in [0.5, 0.6) is 0 Å². The number of halogens is 1. The van der Waals surface area contributed by atoms with Crippen LogP contribution in [-0.4, -0.2) is 57.7 Å². The van der Waals surface area contributed by atoms with Gasteiger partial charge in [0.25, 0.3) is 0 Å². The SMILES string of the molecule is Cc1cc(C)n(CCC(=O)N2CCCN(C(=O)Nc3cccc(Cl)c3)CC2)n1. The van der Waals surface area contributed by atoms with Gasteiger partial charge in [-0.05, 0) is 44.5 Å². The number of carbonyl (C=O) groups is 2. The third kappa shape index (κ3) is 5.25. The van der Waals surface area contributed by atoms with Crippen molar-refractivity contribution in [1.29, 1.82) is 0 Å². The molecule has 1 fully saturated rings. The average molecular weight is 404 g/mol. The Bertz CT molecular complexity index is 851. The van der Waals surface area contributed by atoms with Gasteiger partial charge in [0.1, 0.15) is 0 Å². The minimum Gasteiger partial charge on any atom is -0.341 e. The summed E-state index contributed by atoms with van der Waals surface area (Å²) < 4.78 is 1.87. The van der Waals surface area contributed by atoms with Crippen LogP contribution in [0.1, 0.15) is 24.2 Å². The third-order valence-electron chi connectivity index (χ3n) is 4.85. The van der Waals surface area contributed by atoms with E-state index in [0.717, 1.165) is 17.8 Å². The highest BCUT2D eigenvalue weighted by atomic mass is 35.5. The molecule has 8 heteroatoms. The Morgan fingerprint density at radius 3 is 2.57 bits per heavy atom. The Hall–Kier alpha value is -2.54. The third-order valence-corrected chi connectivity index (χ3v) is 5.09. The fourth-order valence-corrected chi connectivity index (χ4v) is 3.59. The molecule has 3 amide bonds. The second kappa shape index (κ2) is 9.10. The van der Waals surface area contributed by atoms with E-state index >= 15 is 0 Å². The maximum atomic E-state index is 12.6. The molecule has 2 heterocycles. The van der Waals surface area contributed by atoms with Gasteiger partial charge in [0.2, 0.25) is 5.91 Å². The summed E-state index contributed by atoms with van der Waals surface area (Å²) in [6.07, 6.45) is 1.17. The van der Waals surface area contributed by atoms with Crippen LogP contribution < -0.4 is 5.32 Å². The van der Waals surface area contributed by atoms with Gasteiger partial charge in [-0.1, -0.05) is 17.7 Å². The van der Waals surface area contributed by atoms with Crippen LogP contribution in [-0.2, 0) is 11.3 Å². The van der Waals surface area contributed by atoms with Crippen LogP contribution in [0.4, 0.5) is 10.5 Å². The number of hydrogen-bond acceptors (Lipinski definition) is 3. The zero-order valence-electron chi connectivity index (χ0n) is 16.3. The second-order valence-electron chi connectivity index (χ2n) is 7.06. The number of aromatic nitrogens is 2. The summed E-state index contributed by atoms with van der Waals surface area (Å²) >= 11 is 5.96. The zero-order valence-corrected chi connectivity index (χ0v) is 17.1. The number of benzene rings is 1. The second-order valence-corrected chi connectivity index (χ2v) is 7.50. The number of aryl methyl sites for hydroxylation is 3. The maximum absolute atomic E-state index is 12.6. The quantitative estimate of drug-likeness (QED) is 0.851. The van der Waals surface area contributed by atoms with Crippen LogP contribution in [0, 0.1) is 13.8 Å². The van der Waals surface area contributed by atoms with E-state index in [0.29, 0.717) is 49.9 Å². The molecule has 1 aliphatic heterocycles. The van der Waals surface area contributed by atoms with E-state index in [4.69, 9.17) is 11.6 Å². The summed E-state index contributed by atoms with van der Waals surface area (Å²) in [5.41, 5.74) is 2.69. The van der Waals surface area contributed by atoms with Crippen molar-refractivity contribution >= 4 is 29.2 Å². The molecule has 3 rings (SSSR count). The Morgan fingerprint density at radius 1 is 1.11 bits per heavy atom. The van der Waals surface area contributed by atoms with Crippen LogP contribution in [0.2, 0.25) is 5.02 Å². The normalized spacial score (nSPS) is 14.7. The topological polar surface area (TPSA) is 70.5 Å². The van der Waals surface area contributed by atoms with Crippen molar-refractivity contribution in [3.05, 3.63) is 46.7 Å². The number of anilines is 1. The van der Waals surface area contributed by atoms with Crippen molar-refractivity contribution in [2.45, 2.75) is 33.2 Å². The van der Waals surface area contributed by atoms with Crippen molar-refractivity contribution in [3.8, 4) is 0 Å². The molecule has 1 aromatic heterocycles. The van der Waals surface area contributed by atoms with E-state index < -0.39 is 0 Å². The van der Waals surface area contributed by atoms with E-state index in [9.17, 15) is 9.59 Å². The summed E-state index contributed by atoms with van der Waals surface area (Å²) in [6.45, 7) is 6.85. The molecule has 0 spiro atoms. The Morgan fingerprint density at radius 2 is 1.86 bits per heavy atom. The van der Waals surface area contributed by atoms with E-state index in [-0.39, 0.29) is 11.9 Å². The zero-order chi connectivity index (χ0) is 20.1. The minimum atomic E-state index is -0.167. The van der Waals surface area contributed by atoms with Crippen molar-refractivity contribution in [2.75, 3.05) is 31.5 Å². The van der Waals surface area contributed by atoms with Gasteiger partial charge in [0.15, 0.2) is 0 Å². The van der Waals surface area contributed by atoms with Crippen molar-refractivity contribution in [1.82, 2.24) is 19.6 Å². The predicted octanol–water partition coefficient (Wildman–Crippen LogP) is 3.31. The Kier molecular flexibility index (Phi) is 6.57. The lowest BCUT2D eigenvalue weighted by atomic mass is 10.3. The number of hydrogen-bond donors (Lipinski definition) is 1. The average Bonchev–Trinajstić information content (AvgIpc) is 2.84. The van der Waals surface area contributed by atoms with Crippen molar-refractivity contribution < 1.29 is 9.59 Å². The molecule has 0 radical (unpaired) electrons. The number of rotatable bonds is 4. The smallest absolute Gasteiger partial charge is 0.321 e. The van der Waals surface area contributed by atoms with Gasteiger partial charge in [-0.3, -0.25) is 9.48 Å². The molecule has 1 N–H and O–H groups in total. The molecule has 1 aliphatic rings. The molecule has 0 saturated carbocycles. The van der Waals surface area contributed by atoms with Gasteiger partial charge in [-0.15, -0.1) is 0 Å². The molecular formula is C20H26ClN5O2. The fraction of sp³-hybridized carbons (Fsp3) is 0.450. The summed E-state index contributed by atoms with van der Waals surface area (Å²) in [5.74, 6) is 0.102. The van der Waals surface area contributed by atoms with Crippen molar-refractivity contribution in [3.63, 3.8) is 0 Å². The van der Waals surface area contributed by atoms with Gasteiger partial charge in [0, 0.05) is 55.5 Å². The highest BCUT2D eigenvalue weighted by Crippen LogP contribution is 2.16. The monoisotopic (exact) mass is 403 g/mol. The minimum absolute atomic E-state index is 0.102. The van der Waals surface area contributed by atoms with E-state index in [2.05, 4.69) is 10.4 Å². The highest BCUT2D eigenvalue weighted by Gasteiger charge is 2.22. The van der Waals surface area contributed by atoms with Crippen LogP contribution in [0.25, 0.3) is 0 Å². The van der Waals surface area contributed by atoms with Gasteiger partial charge < -0.3 is 15.1 Å². The number of amides is 3. The van der Waals surface area contributed by atoms with Crippen LogP contribution >= 0.6 is 11.6 Å². The number of urea groups is 1. The van der Waals surface area contributed by atoms with Gasteiger partial charge in [0.05, 0.1) is 5.69 Å². The number of nitrogens with zero attached hydrogens (tertiary/aromatic N) is 4. The predicted molar refractivity (Wildman–Crippen MR) is 110 cm³/mol. The van der Waals surface area contributed by atoms with Gasteiger partial charge in [-0.2, -0.15) is 5.10 Å². The summed E-state index contributed by atoms with van der Waals surface area (Å²) in [4.78, 5) is 28.7. The van der Waals surface area contributed by atoms with Gasteiger partial charge in [-0.25, -0.2) is 4.79 Å². The maximum Gasteiger partial charge on any atom is 0.321 e. The van der Waals surface area contributed by atoms with Crippen LogP contribution in [0.3, 0.4) is 0 Å². The molecule has 150 valence electrons. The first-order chi connectivity index (χ1) is 13.4. The standard InChI is InChI=1S/C20H26ClN5O2/c1-15-13-16(2)26(23-15)10-7-19(27)24-8-4-9-25(12-11-24)20(28)22-18-6-3-5-17(21)14-18/h3,5-6,13-14H,4,7-12H2,1-2H3,(H,22,28). The lowest BCUT2D eigenvalue weighted by Crippen LogP contribution is -2.39. The van der Waals surface area contributed by atoms with Gasteiger partial charge >= 0.3 is 6.03 Å². The molecule has 1 saturated heterocycles. The fourth-order valence-electron chi connectivity index (χ4n) is 3.40. The number of carbonyl (C=O) groups excluding carboxylic acids is 2. The molecule has 28 heavy (non-hydrogen) atoms. The number of nitrogens with one attached hydrogen (secondary N) is 1. The molecule has 0 unspecified atom stereocenters. The van der Waals surface area contributed by atoms with Crippen molar-refractivity contribution in [2.24, 2.45) is 0 Å². The first kappa shape index (κ1) is 20.2. The molecule has 7 nitrogen and oxygen atoms in total. The Labute approximate surface area is 170 Å². The molecule has 0 bridgehead atoms. The van der Waals surface area contributed by atoms with E-state index in [1.165, 1.54) is 0 Å². The largest absolute Gasteiger partial charge is 0.341 e. The Balaban J connectivity index is 1.50. The molecular weight excluding hydrogens is 378 g/mol. The summed E-state index contributed by atoms with van der Waals surface area (Å²) in [6, 6.07) is 8.91. The summed E-state index contributed by atoms with van der Waals surface area (Å²) in [7, 11) is 0. The lowest BCUT2D eigenvalue weighted by molar-refractivity contribution is -0.131. The first-order valence-corrected chi connectivity index (χ1v) is 9.90. The molecule has 2 aromatic rings. The lowest BCUT2D eigenvalue weighted by Gasteiger charge is -2.22. The van der Waals surface area contributed by atoms with E-state index in [1.807, 2.05) is 29.5 Å². The molecule has 0 aliphatic carbocycles. The molecule has 1 aromatic carbocycles. The van der Waals surface area contributed by atoms with Crippen LogP contribution in [0.15, 0.2) is 30.3 Å².